The van der Waals surface area contributed by atoms with Gasteiger partial charge in [0.2, 0.25) is 0 Å². The first-order chi connectivity index (χ1) is 8.45. The Morgan fingerprint density at radius 1 is 1.28 bits per heavy atom. The van der Waals surface area contributed by atoms with Crippen LogP contribution in [0.2, 0.25) is 0 Å². The number of aryl methyl sites for hydroxylation is 1. The largest absolute Gasteiger partial charge is 0.384 e. The van der Waals surface area contributed by atoms with Crippen LogP contribution in [0, 0.1) is 5.41 Å². The number of benzene rings is 1. The summed E-state index contributed by atoms with van der Waals surface area (Å²) in [6.07, 6.45) is 3.12. The zero-order chi connectivity index (χ0) is 13.2. The third-order valence-corrected chi connectivity index (χ3v) is 5.27. The summed E-state index contributed by atoms with van der Waals surface area (Å²) in [5, 5.41) is 11.0. The molecule has 1 unspecified atom stereocenters. The Kier molecular flexibility index (Phi) is 4.08. The second kappa shape index (κ2) is 5.26. The van der Waals surface area contributed by atoms with Crippen molar-refractivity contribution < 1.29 is 5.11 Å². The van der Waals surface area contributed by atoms with Gasteiger partial charge in [0.05, 0.1) is 5.60 Å². The molecule has 1 N–H and O–H groups in total. The van der Waals surface area contributed by atoms with Gasteiger partial charge < -0.3 is 5.11 Å². The summed E-state index contributed by atoms with van der Waals surface area (Å²) in [6.45, 7) is 6.70. The summed E-state index contributed by atoms with van der Waals surface area (Å²) in [4.78, 5) is 0. The molecular formula is C16H24OS. The molecule has 1 aliphatic rings. The average Bonchev–Trinajstić information content (AvgIpc) is 2.28. The lowest BCUT2D eigenvalue weighted by Crippen LogP contribution is -2.40. The topological polar surface area (TPSA) is 20.2 Å². The summed E-state index contributed by atoms with van der Waals surface area (Å²) < 4.78 is 0. The van der Waals surface area contributed by atoms with Crippen molar-refractivity contribution in [1.29, 1.82) is 0 Å². The molecule has 1 heterocycles. The Morgan fingerprint density at radius 2 is 2.06 bits per heavy atom. The molecule has 2 rings (SSSR count). The van der Waals surface area contributed by atoms with E-state index in [0.717, 1.165) is 36.3 Å². The number of aliphatic hydroxyl groups is 1. The molecule has 0 spiro atoms. The molecule has 100 valence electrons. The van der Waals surface area contributed by atoms with Crippen LogP contribution in [0.5, 0.6) is 0 Å². The van der Waals surface area contributed by atoms with E-state index >= 15 is 0 Å². The molecule has 0 amide bonds. The fourth-order valence-corrected chi connectivity index (χ4v) is 4.24. The van der Waals surface area contributed by atoms with E-state index in [-0.39, 0.29) is 5.41 Å². The van der Waals surface area contributed by atoms with Crippen LogP contribution in [0.15, 0.2) is 24.3 Å². The van der Waals surface area contributed by atoms with Gasteiger partial charge in [0, 0.05) is 5.75 Å². The lowest BCUT2D eigenvalue weighted by atomic mass is 9.78. The molecule has 2 heteroatoms. The first-order valence-corrected chi connectivity index (χ1v) is 8.00. The second-order valence-electron chi connectivity index (χ2n) is 6.32. The molecule has 18 heavy (non-hydrogen) atoms. The Labute approximate surface area is 115 Å². The van der Waals surface area contributed by atoms with E-state index in [0.29, 0.717) is 0 Å². The number of hydrogen-bond donors (Lipinski definition) is 1. The maximum absolute atomic E-state index is 11.0. The molecule has 1 aromatic rings. The van der Waals surface area contributed by atoms with Crippen LogP contribution < -0.4 is 0 Å². The third kappa shape index (κ3) is 3.10. The predicted octanol–water partition coefficient (Wildman–Crippen LogP) is 3.99. The van der Waals surface area contributed by atoms with Gasteiger partial charge in [-0.15, -0.1) is 0 Å². The molecule has 1 fully saturated rings. The highest BCUT2D eigenvalue weighted by Crippen LogP contribution is 2.44. The summed E-state index contributed by atoms with van der Waals surface area (Å²) >= 11 is 1.87. The molecule has 1 nitrogen and oxygen atoms in total. The number of hydrogen-bond acceptors (Lipinski definition) is 2. The fraction of sp³-hybridized carbons (Fsp3) is 0.625. The van der Waals surface area contributed by atoms with Crippen molar-refractivity contribution in [2.45, 2.75) is 45.6 Å². The Balaban J connectivity index is 2.26. The fourth-order valence-electron chi connectivity index (χ4n) is 2.88. The molecule has 0 saturated carbocycles. The smallest absolute Gasteiger partial charge is 0.0992 e. The standard InChI is InChI=1S/C16H24OS/c1-4-6-13-7-5-8-14(9-13)16(17)10-15(2,3)11-18-12-16/h5,7-9,17H,4,6,10-12H2,1-3H3. The van der Waals surface area contributed by atoms with Crippen LogP contribution in [-0.2, 0) is 12.0 Å². The maximum atomic E-state index is 11.0. The second-order valence-corrected chi connectivity index (χ2v) is 7.30. The SMILES string of the molecule is CCCc1cccc(C2(O)CSCC(C)(C)C2)c1. The summed E-state index contributed by atoms with van der Waals surface area (Å²) in [5.74, 6) is 1.97. The van der Waals surface area contributed by atoms with Crippen molar-refractivity contribution in [2.75, 3.05) is 11.5 Å². The number of thioether (sulfide) groups is 1. The molecule has 0 aromatic heterocycles. The van der Waals surface area contributed by atoms with Crippen LogP contribution in [0.4, 0.5) is 0 Å². The first kappa shape index (κ1) is 14.0. The zero-order valence-electron chi connectivity index (χ0n) is 11.7. The molecule has 1 aromatic carbocycles. The monoisotopic (exact) mass is 264 g/mol. The van der Waals surface area contributed by atoms with Crippen molar-refractivity contribution in [1.82, 2.24) is 0 Å². The van der Waals surface area contributed by atoms with Crippen LogP contribution in [-0.4, -0.2) is 16.6 Å². The van der Waals surface area contributed by atoms with Gasteiger partial charge in [-0.2, -0.15) is 11.8 Å². The summed E-state index contributed by atoms with van der Waals surface area (Å²) in [5.41, 5.74) is 2.03. The van der Waals surface area contributed by atoms with E-state index in [1.807, 2.05) is 11.8 Å². The Bertz CT molecular complexity index is 413. The first-order valence-electron chi connectivity index (χ1n) is 6.85. The van der Waals surface area contributed by atoms with Crippen molar-refractivity contribution >= 4 is 11.8 Å². The highest BCUT2D eigenvalue weighted by Gasteiger charge is 2.40. The molecule has 1 atom stereocenters. The highest BCUT2D eigenvalue weighted by molar-refractivity contribution is 7.99. The van der Waals surface area contributed by atoms with Gasteiger partial charge in [0.15, 0.2) is 0 Å². The van der Waals surface area contributed by atoms with Gasteiger partial charge in [0.25, 0.3) is 0 Å². The quantitative estimate of drug-likeness (QED) is 0.891. The van der Waals surface area contributed by atoms with Gasteiger partial charge in [-0.05, 0) is 35.1 Å². The van der Waals surface area contributed by atoms with Gasteiger partial charge >= 0.3 is 0 Å². The maximum Gasteiger partial charge on any atom is 0.0992 e. The van der Waals surface area contributed by atoms with Crippen molar-refractivity contribution in [2.24, 2.45) is 5.41 Å². The predicted molar refractivity (Wildman–Crippen MR) is 80.1 cm³/mol. The summed E-state index contributed by atoms with van der Waals surface area (Å²) in [6, 6.07) is 8.54. The van der Waals surface area contributed by atoms with E-state index in [1.165, 1.54) is 5.56 Å². The van der Waals surface area contributed by atoms with Gasteiger partial charge in [-0.1, -0.05) is 51.5 Å². The van der Waals surface area contributed by atoms with Crippen LogP contribution in [0.1, 0.15) is 44.7 Å². The van der Waals surface area contributed by atoms with E-state index in [2.05, 4.69) is 45.0 Å². The van der Waals surface area contributed by atoms with Crippen LogP contribution >= 0.6 is 11.8 Å². The van der Waals surface area contributed by atoms with Crippen molar-refractivity contribution in [3.05, 3.63) is 35.4 Å². The number of rotatable bonds is 3. The molecule has 0 aliphatic carbocycles. The normalized spacial score (nSPS) is 27.1. The molecular weight excluding hydrogens is 240 g/mol. The lowest BCUT2D eigenvalue weighted by molar-refractivity contribution is 0.0156. The zero-order valence-corrected chi connectivity index (χ0v) is 12.5. The van der Waals surface area contributed by atoms with E-state index in [1.54, 1.807) is 0 Å². The molecule has 1 saturated heterocycles. The minimum absolute atomic E-state index is 0.221. The van der Waals surface area contributed by atoms with E-state index < -0.39 is 5.60 Å². The lowest BCUT2D eigenvalue weighted by Gasteiger charge is -2.41. The summed E-state index contributed by atoms with van der Waals surface area (Å²) in [7, 11) is 0. The van der Waals surface area contributed by atoms with Crippen LogP contribution in [0.25, 0.3) is 0 Å². The van der Waals surface area contributed by atoms with E-state index in [9.17, 15) is 5.11 Å². The van der Waals surface area contributed by atoms with Gasteiger partial charge in [-0.3, -0.25) is 0 Å². The third-order valence-electron chi connectivity index (χ3n) is 3.61. The van der Waals surface area contributed by atoms with Crippen LogP contribution in [0.3, 0.4) is 0 Å². The highest BCUT2D eigenvalue weighted by atomic mass is 32.2. The molecule has 1 aliphatic heterocycles. The van der Waals surface area contributed by atoms with Gasteiger partial charge in [0.1, 0.15) is 0 Å². The minimum Gasteiger partial charge on any atom is -0.384 e. The van der Waals surface area contributed by atoms with Gasteiger partial charge in [-0.25, -0.2) is 0 Å². The Hall–Kier alpha value is -0.470. The Morgan fingerprint density at radius 3 is 2.72 bits per heavy atom. The van der Waals surface area contributed by atoms with E-state index in [4.69, 9.17) is 0 Å². The minimum atomic E-state index is -0.643. The van der Waals surface area contributed by atoms with Crippen molar-refractivity contribution in [3.63, 3.8) is 0 Å². The van der Waals surface area contributed by atoms with Crippen molar-refractivity contribution in [3.8, 4) is 0 Å². The average molecular weight is 264 g/mol. The molecule has 0 radical (unpaired) electrons. The molecule has 0 bridgehead atoms.